The van der Waals surface area contributed by atoms with Crippen LogP contribution >= 0.6 is 0 Å². The molecular weight excluding hydrogens is 256 g/mol. The van der Waals surface area contributed by atoms with Crippen LogP contribution in [0.15, 0.2) is 24.3 Å². The highest BCUT2D eigenvalue weighted by molar-refractivity contribution is 6.10. The van der Waals surface area contributed by atoms with Gasteiger partial charge in [0.2, 0.25) is 0 Å². The minimum atomic E-state index is -0.0857. The van der Waals surface area contributed by atoms with Crippen molar-refractivity contribution in [2.45, 2.75) is 13.8 Å². The van der Waals surface area contributed by atoms with Gasteiger partial charge in [-0.1, -0.05) is 0 Å². The van der Waals surface area contributed by atoms with Crippen LogP contribution in [0.4, 0.5) is 0 Å². The van der Waals surface area contributed by atoms with E-state index in [-0.39, 0.29) is 5.78 Å². The molecular formula is C15H14N2O3. The number of aryl methyl sites for hydroxylation is 2. The number of ether oxygens (including phenoxy) is 2. The van der Waals surface area contributed by atoms with Gasteiger partial charge in [-0.15, -0.1) is 0 Å². The molecule has 5 heteroatoms. The maximum absolute atomic E-state index is 12.5. The molecule has 0 N–H and O–H groups in total. The Hall–Kier alpha value is -2.43. The monoisotopic (exact) mass is 270 g/mol. The number of carbonyl (C=O) groups is 1. The van der Waals surface area contributed by atoms with Gasteiger partial charge < -0.3 is 9.47 Å². The van der Waals surface area contributed by atoms with Crippen LogP contribution in [0.1, 0.15) is 27.3 Å². The first-order valence-corrected chi connectivity index (χ1v) is 6.40. The van der Waals surface area contributed by atoms with Crippen molar-refractivity contribution >= 4 is 5.78 Å². The number of carbonyl (C=O) groups excluding carboxylic acids is 1. The minimum Gasteiger partial charge on any atom is -0.486 e. The molecule has 2 heterocycles. The molecule has 0 saturated heterocycles. The number of benzene rings is 1. The predicted octanol–water partition coefficient (Wildman–Crippen LogP) is 2.10. The summed E-state index contributed by atoms with van der Waals surface area (Å²) in [6.07, 6.45) is 0. The van der Waals surface area contributed by atoms with Gasteiger partial charge in [0.15, 0.2) is 17.3 Å². The van der Waals surface area contributed by atoms with E-state index in [1.807, 2.05) is 6.92 Å². The van der Waals surface area contributed by atoms with Gasteiger partial charge in [-0.3, -0.25) is 4.79 Å². The number of rotatable bonds is 2. The van der Waals surface area contributed by atoms with Gasteiger partial charge in [0, 0.05) is 11.1 Å². The third-order valence-corrected chi connectivity index (χ3v) is 3.15. The Kier molecular flexibility index (Phi) is 3.10. The van der Waals surface area contributed by atoms with Crippen LogP contribution in [-0.2, 0) is 0 Å². The summed E-state index contributed by atoms with van der Waals surface area (Å²) in [5.41, 5.74) is 2.46. The molecule has 3 rings (SSSR count). The van der Waals surface area contributed by atoms with E-state index in [1.54, 1.807) is 31.2 Å². The molecule has 0 amide bonds. The molecule has 0 fully saturated rings. The van der Waals surface area contributed by atoms with Gasteiger partial charge >= 0.3 is 0 Å². The summed E-state index contributed by atoms with van der Waals surface area (Å²) in [6.45, 7) is 4.62. The second kappa shape index (κ2) is 4.92. The fourth-order valence-corrected chi connectivity index (χ4v) is 2.12. The van der Waals surface area contributed by atoms with Gasteiger partial charge in [-0.25, -0.2) is 0 Å². The van der Waals surface area contributed by atoms with Crippen molar-refractivity contribution in [3.05, 3.63) is 46.8 Å². The number of nitrogens with zero attached hydrogens (tertiary/aromatic N) is 2. The molecule has 1 aliphatic rings. The summed E-state index contributed by atoms with van der Waals surface area (Å²) in [6, 6.07) is 6.97. The number of aromatic nitrogens is 2. The molecule has 20 heavy (non-hydrogen) atoms. The number of fused-ring (bicyclic) bond motifs is 1. The lowest BCUT2D eigenvalue weighted by atomic mass is 10.0. The number of hydrogen-bond donors (Lipinski definition) is 0. The number of hydrogen-bond acceptors (Lipinski definition) is 5. The zero-order valence-electron chi connectivity index (χ0n) is 11.3. The largest absolute Gasteiger partial charge is 0.486 e. The summed E-state index contributed by atoms with van der Waals surface area (Å²) in [7, 11) is 0. The second-order valence-electron chi connectivity index (χ2n) is 4.67. The fraction of sp³-hybridized carbons (Fsp3) is 0.267. The van der Waals surface area contributed by atoms with Crippen LogP contribution in [0.2, 0.25) is 0 Å². The predicted molar refractivity (Wildman–Crippen MR) is 72.4 cm³/mol. The van der Waals surface area contributed by atoms with Gasteiger partial charge in [-0.2, -0.15) is 10.2 Å². The van der Waals surface area contributed by atoms with E-state index in [4.69, 9.17) is 9.47 Å². The van der Waals surface area contributed by atoms with Crippen molar-refractivity contribution in [3.63, 3.8) is 0 Å². The van der Waals surface area contributed by atoms with Crippen molar-refractivity contribution < 1.29 is 14.3 Å². The average Bonchev–Trinajstić information content (AvgIpc) is 2.48. The van der Waals surface area contributed by atoms with Crippen molar-refractivity contribution in [2.75, 3.05) is 13.2 Å². The summed E-state index contributed by atoms with van der Waals surface area (Å²) in [5, 5.41) is 7.92. The van der Waals surface area contributed by atoms with Crippen LogP contribution in [0.3, 0.4) is 0 Å². The fourth-order valence-electron chi connectivity index (χ4n) is 2.12. The van der Waals surface area contributed by atoms with E-state index < -0.39 is 0 Å². The van der Waals surface area contributed by atoms with E-state index >= 15 is 0 Å². The number of ketones is 1. The third-order valence-electron chi connectivity index (χ3n) is 3.15. The minimum absolute atomic E-state index is 0.0857. The molecule has 102 valence electrons. The molecule has 1 aliphatic heterocycles. The molecule has 0 bridgehead atoms. The maximum Gasteiger partial charge on any atom is 0.195 e. The standard InChI is InChI=1S/C15H14N2O3/c1-9-7-12(10(2)17-16-9)15(18)11-3-4-13-14(8-11)20-6-5-19-13/h3-4,7-8H,5-6H2,1-2H3. The normalized spacial score (nSPS) is 13.1. The van der Waals surface area contributed by atoms with Gasteiger partial charge in [-0.05, 0) is 38.1 Å². The molecule has 0 atom stereocenters. The molecule has 0 aliphatic carbocycles. The first kappa shape index (κ1) is 12.6. The highest BCUT2D eigenvalue weighted by atomic mass is 16.6. The van der Waals surface area contributed by atoms with Gasteiger partial charge in [0.25, 0.3) is 0 Å². The van der Waals surface area contributed by atoms with Gasteiger partial charge in [0.05, 0.1) is 11.4 Å². The lowest BCUT2D eigenvalue weighted by molar-refractivity contribution is 0.103. The third kappa shape index (κ3) is 2.22. The van der Waals surface area contributed by atoms with Crippen LogP contribution < -0.4 is 9.47 Å². The Morgan fingerprint density at radius 1 is 1.05 bits per heavy atom. The highest BCUT2D eigenvalue weighted by Gasteiger charge is 2.18. The molecule has 5 nitrogen and oxygen atoms in total. The Morgan fingerprint density at radius 3 is 2.60 bits per heavy atom. The molecule has 2 aromatic rings. The molecule has 0 radical (unpaired) electrons. The SMILES string of the molecule is Cc1cc(C(=O)c2ccc3c(c2)OCCO3)c(C)nn1. The van der Waals surface area contributed by atoms with E-state index in [2.05, 4.69) is 10.2 Å². The van der Waals surface area contributed by atoms with E-state index in [9.17, 15) is 4.79 Å². The Balaban J connectivity index is 2.00. The highest BCUT2D eigenvalue weighted by Crippen LogP contribution is 2.31. The van der Waals surface area contributed by atoms with Crippen LogP contribution in [0.25, 0.3) is 0 Å². The van der Waals surface area contributed by atoms with Crippen molar-refractivity contribution in [1.82, 2.24) is 10.2 Å². The van der Waals surface area contributed by atoms with Crippen LogP contribution in [0, 0.1) is 13.8 Å². The zero-order valence-corrected chi connectivity index (χ0v) is 11.3. The summed E-state index contributed by atoms with van der Waals surface area (Å²) in [4.78, 5) is 12.5. The topological polar surface area (TPSA) is 61.3 Å². The molecule has 0 unspecified atom stereocenters. The lowest BCUT2D eigenvalue weighted by Gasteiger charge is -2.18. The summed E-state index contributed by atoms with van der Waals surface area (Å²) >= 11 is 0. The van der Waals surface area contributed by atoms with E-state index in [1.165, 1.54) is 0 Å². The van der Waals surface area contributed by atoms with E-state index in [0.717, 1.165) is 5.69 Å². The van der Waals surface area contributed by atoms with E-state index in [0.29, 0.717) is 41.5 Å². The molecule has 0 spiro atoms. The van der Waals surface area contributed by atoms with Crippen LogP contribution in [-0.4, -0.2) is 29.2 Å². The molecule has 1 aromatic heterocycles. The first-order valence-electron chi connectivity index (χ1n) is 6.40. The summed E-state index contributed by atoms with van der Waals surface area (Å²) < 4.78 is 10.9. The quantitative estimate of drug-likeness (QED) is 0.782. The second-order valence-corrected chi connectivity index (χ2v) is 4.67. The molecule has 0 saturated carbocycles. The van der Waals surface area contributed by atoms with Crippen LogP contribution in [0.5, 0.6) is 11.5 Å². The zero-order chi connectivity index (χ0) is 14.1. The Labute approximate surface area is 116 Å². The first-order chi connectivity index (χ1) is 9.65. The molecule has 1 aromatic carbocycles. The Bertz CT molecular complexity index is 683. The maximum atomic E-state index is 12.5. The van der Waals surface area contributed by atoms with Gasteiger partial charge in [0.1, 0.15) is 13.2 Å². The van der Waals surface area contributed by atoms with Crippen molar-refractivity contribution in [2.24, 2.45) is 0 Å². The van der Waals surface area contributed by atoms with Crippen molar-refractivity contribution in [1.29, 1.82) is 0 Å². The Morgan fingerprint density at radius 2 is 1.80 bits per heavy atom. The lowest BCUT2D eigenvalue weighted by Crippen LogP contribution is -2.16. The average molecular weight is 270 g/mol. The smallest absolute Gasteiger partial charge is 0.195 e. The summed E-state index contributed by atoms with van der Waals surface area (Å²) in [5.74, 6) is 1.20. The van der Waals surface area contributed by atoms with Crippen molar-refractivity contribution in [3.8, 4) is 11.5 Å².